The van der Waals surface area contributed by atoms with E-state index in [4.69, 9.17) is 14.2 Å². The van der Waals surface area contributed by atoms with E-state index in [-0.39, 0.29) is 5.92 Å². The van der Waals surface area contributed by atoms with Crippen LogP contribution in [0.25, 0.3) is 0 Å². The Labute approximate surface area is 169 Å². The van der Waals surface area contributed by atoms with Crippen LogP contribution >= 0.6 is 11.3 Å². The third kappa shape index (κ3) is 3.14. The Morgan fingerprint density at radius 1 is 1.21 bits per heavy atom. The van der Waals surface area contributed by atoms with Crippen molar-refractivity contribution in [2.24, 2.45) is 5.92 Å². The van der Waals surface area contributed by atoms with Crippen molar-refractivity contribution in [3.8, 4) is 0 Å². The largest absolute Gasteiger partial charge is 0.497 e. The zero-order valence-corrected chi connectivity index (χ0v) is 17.2. The van der Waals surface area contributed by atoms with E-state index in [1.54, 1.807) is 25.4 Å². The Morgan fingerprint density at radius 2 is 1.96 bits per heavy atom. The molecular weight excluding hydrogens is 380 g/mol. The molecule has 1 aromatic heterocycles. The third-order valence-corrected chi connectivity index (χ3v) is 7.35. The first-order valence-corrected chi connectivity index (χ1v) is 10.6. The summed E-state index contributed by atoms with van der Waals surface area (Å²) in [6.45, 7) is 4.13. The van der Waals surface area contributed by atoms with E-state index >= 15 is 0 Å². The van der Waals surface area contributed by atoms with Crippen LogP contribution in [0.15, 0.2) is 35.1 Å². The summed E-state index contributed by atoms with van der Waals surface area (Å²) in [4.78, 5) is 2.61. The highest BCUT2D eigenvalue weighted by Gasteiger charge is 2.61. The smallest absolute Gasteiger partial charge is 0.204 e. The van der Waals surface area contributed by atoms with E-state index in [0.717, 1.165) is 29.7 Å². The lowest BCUT2D eigenvalue weighted by Gasteiger charge is -2.48. The molecule has 1 aromatic rings. The maximum Gasteiger partial charge on any atom is 0.204 e. The Morgan fingerprint density at radius 3 is 2.64 bits per heavy atom. The molecule has 0 saturated carbocycles. The lowest BCUT2D eigenvalue weighted by atomic mass is 9.76. The predicted octanol–water partition coefficient (Wildman–Crippen LogP) is 1.93. The van der Waals surface area contributed by atoms with Gasteiger partial charge in [-0.2, -0.15) is 0 Å². The molecule has 2 fully saturated rings. The zero-order chi connectivity index (χ0) is 20.1. The topological polar surface area (TPSA) is 88.4 Å². The Kier molecular flexibility index (Phi) is 5.41. The molecule has 28 heavy (non-hydrogen) atoms. The van der Waals surface area contributed by atoms with Gasteiger partial charge in [-0.3, -0.25) is 0 Å². The van der Waals surface area contributed by atoms with Gasteiger partial charge in [0.25, 0.3) is 0 Å². The normalized spacial score (nSPS) is 37.9. The van der Waals surface area contributed by atoms with Crippen LogP contribution in [-0.2, 0) is 27.1 Å². The molecule has 1 aliphatic carbocycles. The predicted molar refractivity (Wildman–Crippen MR) is 105 cm³/mol. The van der Waals surface area contributed by atoms with E-state index in [1.165, 1.54) is 9.75 Å². The summed E-state index contributed by atoms with van der Waals surface area (Å²) in [7, 11) is 1.67. The first-order chi connectivity index (χ1) is 13.4. The first-order valence-electron chi connectivity index (χ1n) is 9.79. The fourth-order valence-electron chi connectivity index (χ4n) is 4.51. The average Bonchev–Trinajstić information content (AvgIpc) is 3.29. The molecule has 3 N–H and O–H groups in total. The SMILES string of the molecule is CCc1ccc(CC2=C(OC)C=C3CO[C@]4(O[C@H](C)[C@@H](O)[C@H](O)[C@H]4O)C3C2)s1. The van der Waals surface area contributed by atoms with Crippen LogP contribution in [0.4, 0.5) is 0 Å². The number of fused-ring (bicyclic) bond motifs is 2. The van der Waals surface area contributed by atoms with Gasteiger partial charge in [0.2, 0.25) is 5.79 Å². The monoisotopic (exact) mass is 408 g/mol. The van der Waals surface area contributed by atoms with Crippen LogP contribution < -0.4 is 0 Å². The summed E-state index contributed by atoms with van der Waals surface area (Å²) in [6.07, 6.45) is -0.0606. The number of aliphatic hydroxyl groups excluding tert-OH is 3. The molecule has 0 amide bonds. The van der Waals surface area contributed by atoms with Gasteiger partial charge >= 0.3 is 0 Å². The maximum absolute atomic E-state index is 10.8. The minimum absolute atomic E-state index is 0.230. The van der Waals surface area contributed by atoms with Gasteiger partial charge in [0.15, 0.2) is 0 Å². The van der Waals surface area contributed by atoms with Crippen molar-refractivity contribution in [3.63, 3.8) is 0 Å². The number of hydrogen-bond donors (Lipinski definition) is 3. The van der Waals surface area contributed by atoms with Gasteiger partial charge < -0.3 is 29.5 Å². The van der Waals surface area contributed by atoms with Gasteiger partial charge in [0, 0.05) is 22.1 Å². The van der Waals surface area contributed by atoms with Crippen LogP contribution in [-0.4, -0.2) is 59.2 Å². The van der Waals surface area contributed by atoms with Crippen molar-refractivity contribution >= 4 is 11.3 Å². The summed E-state index contributed by atoms with van der Waals surface area (Å²) in [5, 5.41) is 31.2. The van der Waals surface area contributed by atoms with E-state index in [0.29, 0.717) is 13.0 Å². The van der Waals surface area contributed by atoms with Gasteiger partial charge in [-0.1, -0.05) is 6.92 Å². The number of hydrogen-bond acceptors (Lipinski definition) is 7. The molecule has 1 spiro atoms. The van der Waals surface area contributed by atoms with E-state index < -0.39 is 30.2 Å². The van der Waals surface area contributed by atoms with E-state index in [2.05, 4.69) is 19.1 Å². The number of allylic oxidation sites excluding steroid dienone is 2. The molecule has 0 bridgehead atoms. The van der Waals surface area contributed by atoms with E-state index in [1.807, 2.05) is 6.08 Å². The molecule has 2 saturated heterocycles. The molecule has 7 heteroatoms. The quantitative estimate of drug-likeness (QED) is 0.706. The number of aliphatic hydroxyl groups is 3. The van der Waals surface area contributed by atoms with Gasteiger partial charge in [-0.15, -0.1) is 11.3 Å². The highest BCUT2D eigenvalue weighted by Crippen LogP contribution is 2.50. The minimum Gasteiger partial charge on any atom is -0.497 e. The lowest BCUT2D eigenvalue weighted by Crippen LogP contribution is -2.66. The zero-order valence-electron chi connectivity index (χ0n) is 16.4. The fourth-order valence-corrected chi connectivity index (χ4v) is 5.51. The van der Waals surface area contributed by atoms with Crippen molar-refractivity contribution in [2.75, 3.05) is 13.7 Å². The highest BCUT2D eigenvalue weighted by atomic mass is 32.1. The number of ether oxygens (including phenoxy) is 3. The number of thiophene rings is 1. The second kappa shape index (κ2) is 7.55. The maximum atomic E-state index is 10.8. The Hall–Kier alpha value is -1.22. The molecule has 0 radical (unpaired) electrons. The molecule has 1 unspecified atom stereocenters. The summed E-state index contributed by atoms with van der Waals surface area (Å²) < 4.78 is 17.6. The molecule has 2 aliphatic heterocycles. The standard InChI is InChI=1S/C21H28O6S/c1-4-14-5-6-15(28-14)7-12-8-16-13(9-17(12)25-3)10-26-21(16)20(24)19(23)18(22)11(2)27-21/h5-6,9,11,16,18-20,22-24H,4,7-8,10H2,1-3H3/t11-,16?,18-,19+,20-,21+/m1/s1. The number of aryl methyl sites for hydroxylation is 1. The van der Waals surface area contributed by atoms with Crippen molar-refractivity contribution in [1.29, 1.82) is 0 Å². The van der Waals surface area contributed by atoms with Crippen molar-refractivity contribution in [2.45, 2.75) is 63.3 Å². The van der Waals surface area contributed by atoms with Crippen LogP contribution in [0.1, 0.15) is 30.0 Å². The van der Waals surface area contributed by atoms with Crippen molar-refractivity contribution in [1.82, 2.24) is 0 Å². The molecule has 154 valence electrons. The second-order valence-corrected chi connectivity index (χ2v) is 9.06. The van der Waals surface area contributed by atoms with E-state index in [9.17, 15) is 15.3 Å². The van der Waals surface area contributed by atoms with Crippen molar-refractivity contribution in [3.05, 3.63) is 44.9 Å². The first kappa shape index (κ1) is 20.1. The van der Waals surface area contributed by atoms with Gasteiger partial charge in [-0.05, 0) is 49.1 Å². The second-order valence-electron chi connectivity index (χ2n) is 7.81. The van der Waals surface area contributed by atoms with Crippen molar-refractivity contribution < 1.29 is 29.5 Å². The third-order valence-electron chi connectivity index (χ3n) is 6.12. The molecule has 3 aliphatic rings. The van der Waals surface area contributed by atoms with Crippen LogP contribution in [0.2, 0.25) is 0 Å². The highest BCUT2D eigenvalue weighted by molar-refractivity contribution is 7.12. The van der Waals surface area contributed by atoms with Gasteiger partial charge in [-0.25, -0.2) is 0 Å². The van der Waals surface area contributed by atoms with Crippen LogP contribution in [0.3, 0.4) is 0 Å². The molecule has 6 nitrogen and oxygen atoms in total. The summed E-state index contributed by atoms with van der Waals surface area (Å²) in [5.41, 5.74) is 2.10. The minimum atomic E-state index is -1.35. The molecular formula is C21H28O6S. The summed E-state index contributed by atoms with van der Waals surface area (Å²) >= 11 is 1.80. The average molecular weight is 409 g/mol. The molecule has 4 rings (SSSR count). The fraction of sp³-hybridized carbons (Fsp3) is 0.619. The lowest BCUT2D eigenvalue weighted by molar-refractivity contribution is -0.356. The van der Waals surface area contributed by atoms with Gasteiger partial charge in [0.05, 0.1) is 19.8 Å². The number of methoxy groups -OCH3 is 1. The molecule has 0 aromatic carbocycles. The molecule has 6 atom stereocenters. The summed E-state index contributed by atoms with van der Waals surface area (Å²) in [5.74, 6) is -0.748. The Balaban J connectivity index is 1.63. The number of rotatable bonds is 4. The Bertz CT molecular complexity index is 799. The van der Waals surface area contributed by atoms with Crippen LogP contribution in [0, 0.1) is 5.92 Å². The summed E-state index contributed by atoms with van der Waals surface area (Å²) in [6, 6.07) is 4.31. The molecule has 3 heterocycles. The van der Waals surface area contributed by atoms with Gasteiger partial charge in [0.1, 0.15) is 24.1 Å². The van der Waals surface area contributed by atoms with Crippen LogP contribution in [0.5, 0.6) is 0 Å².